The number of nitrogens with zero attached hydrogens (tertiary/aromatic N) is 1. The number of rotatable bonds is 5. The van der Waals surface area contributed by atoms with Crippen LogP contribution in [0.4, 0.5) is 0 Å². The van der Waals surface area contributed by atoms with Gasteiger partial charge in [-0.2, -0.15) is 0 Å². The molecule has 29 heavy (non-hydrogen) atoms. The first-order valence-electron chi connectivity index (χ1n) is 9.93. The molecular weight excluding hydrogens is 362 g/mol. The van der Waals surface area contributed by atoms with E-state index in [1.54, 1.807) is 4.90 Å². The van der Waals surface area contributed by atoms with E-state index in [1.165, 1.54) is 0 Å². The van der Waals surface area contributed by atoms with Crippen LogP contribution in [0.25, 0.3) is 10.8 Å². The van der Waals surface area contributed by atoms with Gasteiger partial charge in [0.1, 0.15) is 0 Å². The van der Waals surface area contributed by atoms with Crippen LogP contribution in [0, 0.1) is 0 Å². The first kappa shape index (κ1) is 19.2. The maximum atomic E-state index is 12.6. The third kappa shape index (κ3) is 4.30. The maximum Gasteiger partial charge on any atom is 0.242 e. The van der Waals surface area contributed by atoms with E-state index in [9.17, 15) is 9.59 Å². The van der Waals surface area contributed by atoms with Crippen LogP contribution in [-0.2, 0) is 16.0 Å². The van der Waals surface area contributed by atoms with Gasteiger partial charge in [0.15, 0.2) is 0 Å². The van der Waals surface area contributed by atoms with Crippen LogP contribution in [0.15, 0.2) is 72.8 Å². The molecular formula is C24H25N3O2. The van der Waals surface area contributed by atoms with Crippen molar-refractivity contribution in [2.75, 3.05) is 19.6 Å². The molecule has 0 radical (unpaired) electrons. The van der Waals surface area contributed by atoms with Gasteiger partial charge < -0.3 is 16.0 Å². The number of likely N-dealkylation sites (tertiary alicyclic amines) is 1. The van der Waals surface area contributed by atoms with Crippen LogP contribution in [-0.4, -0.2) is 42.4 Å². The van der Waals surface area contributed by atoms with Gasteiger partial charge in [-0.1, -0.05) is 72.8 Å². The smallest absolute Gasteiger partial charge is 0.242 e. The summed E-state index contributed by atoms with van der Waals surface area (Å²) in [6, 6.07) is 23.9. The second-order valence-electron chi connectivity index (χ2n) is 7.57. The second-order valence-corrected chi connectivity index (χ2v) is 7.57. The average Bonchev–Trinajstić information content (AvgIpc) is 3.15. The molecule has 2 amide bonds. The molecule has 0 saturated carbocycles. The van der Waals surface area contributed by atoms with E-state index in [4.69, 9.17) is 5.73 Å². The molecule has 3 N–H and O–H groups in total. The zero-order chi connectivity index (χ0) is 20.2. The van der Waals surface area contributed by atoms with Crippen LogP contribution in [0.5, 0.6) is 0 Å². The summed E-state index contributed by atoms with van der Waals surface area (Å²) in [6.45, 7) is 1.10. The Morgan fingerprint density at radius 2 is 1.66 bits per heavy atom. The molecule has 4 rings (SSSR count). The third-order valence-corrected chi connectivity index (χ3v) is 5.61. The van der Waals surface area contributed by atoms with Gasteiger partial charge in [0.2, 0.25) is 11.8 Å². The largest absolute Gasteiger partial charge is 0.347 e. The second kappa shape index (κ2) is 8.45. The standard InChI is InChI=1S/C24H25N3O2/c25-22-16-27(15-21(22)18-7-2-1-3-8-18)24(29)14-26-23(28)13-19-11-6-10-17-9-4-5-12-20(17)19/h1-12,21-22H,13-16,25H2,(H,26,28)/t21-,22+/m0/s1. The van der Waals surface area contributed by atoms with Gasteiger partial charge in [0.05, 0.1) is 13.0 Å². The number of nitrogens with one attached hydrogen (secondary N) is 1. The maximum absolute atomic E-state index is 12.6. The summed E-state index contributed by atoms with van der Waals surface area (Å²) in [5, 5.41) is 4.94. The summed E-state index contributed by atoms with van der Waals surface area (Å²) in [5.41, 5.74) is 8.38. The van der Waals surface area contributed by atoms with Gasteiger partial charge in [-0.05, 0) is 21.9 Å². The van der Waals surface area contributed by atoms with Crippen molar-refractivity contribution in [1.82, 2.24) is 10.2 Å². The van der Waals surface area contributed by atoms with Crippen molar-refractivity contribution in [1.29, 1.82) is 0 Å². The molecule has 1 heterocycles. The van der Waals surface area contributed by atoms with Crippen molar-refractivity contribution in [3.63, 3.8) is 0 Å². The van der Waals surface area contributed by atoms with Gasteiger partial charge in [0.25, 0.3) is 0 Å². The minimum absolute atomic E-state index is 0.00215. The molecule has 5 heteroatoms. The lowest BCUT2D eigenvalue weighted by atomic mass is 9.95. The van der Waals surface area contributed by atoms with E-state index in [0.717, 1.165) is 21.9 Å². The van der Waals surface area contributed by atoms with Crippen LogP contribution in [0.2, 0.25) is 0 Å². The highest BCUT2D eigenvalue weighted by Crippen LogP contribution is 2.26. The highest BCUT2D eigenvalue weighted by molar-refractivity contribution is 5.91. The van der Waals surface area contributed by atoms with Crippen molar-refractivity contribution in [3.8, 4) is 0 Å². The first-order valence-corrected chi connectivity index (χ1v) is 9.93. The highest BCUT2D eigenvalue weighted by Gasteiger charge is 2.33. The Kier molecular flexibility index (Phi) is 5.58. The van der Waals surface area contributed by atoms with Crippen molar-refractivity contribution in [3.05, 3.63) is 83.9 Å². The average molecular weight is 387 g/mol. The van der Waals surface area contributed by atoms with Gasteiger partial charge in [-0.25, -0.2) is 0 Å². The number of carbonyl (C=O) groups excluding carboxylic acids is 2. The number of carbonyl (C=O) groups is 2. The third-order valence-electron chi connectivity index (χ3n) is 5.61. The Labute approximate surface area is 170 Å². The zero-order valence-electron chi connectivity index (χ0n) is 16.3. The predicted octanol–water partition coefficient (Wildman–Crippen LogP) is 2.45. The summed E-state index contributed by atoms with van der Waals surface area (Å²) in [7, 11) is 0. The molecule has 0 spiro atoms. The summed E-state index contributed by atoms with van der Waals surface area (Å²) < 4.78 is 0. The number of hydrogen-bond acceptors (Lipinski definition) is 3. The normalized spacial score (nSPS) is 18.7. The molecule has 0 aromatic heterocycles. The molecule has 3 aromatic carbocycles. The molecule has 2 atom stereocenters. The van der Waals surface area contributed by atoms with E-state index >= 15 is 0 Å². The van der Waals surface area contributed by atoms with Crippen molar-refractivity contribution in [2.45, 2.75) is 18.4 Å². The minimum atomic E-state index is -0.155. The van der Waals surface area contributed by atoms with E-state index in [1.807, 2.05) is 72.8 Å². The lowest BCUT2D eigenvalue weighted by Gasteiger charge is -2.17. The molecule has 5 nitrogen and oxygen atoms in total. The fourth-order valence-electron chi connectivity index (χ4n) is 4.05. The van der Waals surface area contributed by atoms with Gasteiger partial charge in [0, 0.05) is 25.0 Å². The predicted molar refractivity (Wildman–Crippen MR) is 114 cm³/mol. The summed E-state index contributed by atoms with van der Waals surface area (Å²) in [6.07, 6.45) is 0.251. The van der Waals surface area contributed by atoms with Crippen LogP contribution < -0.4 is 11.1 Å². The summed E-state index contributed by atoms with van der Waals surface area (Å²) in [4.78, 5) is 26.8. The molecule has 0 bridgehead atoms. The molecule has 0 unspecified atom stereocenters. The quantitative estimate of drug-likeness (QED) is 0.706. The number of hydrogen-bond donors (Lipinski definition) is 2. The monoisotopic (exact) mass is 387 g/mol. The van der Waals surface area contributed by atoms with Crippen LogP contribution in [0.3, 0.4) is 0 Å². The van der Waals surface area contributed by atoms with Crippen LogP contribution in [0.1, 0.15) is 17.0 Å². The van der Waals surface area contributed by atoms with Gasteiger partial charge in [-0.3, -0.25) is 9.59 Å². The molecule has 1 saturated heterocycles. The molecule has 1 fully saturated rings. The molecule has 148 valence electrons. The fourth-order valence-corrected chi connectivity index (χ4v) is 4.05. The number of amides is 2. The fraction of sp³-hybridized carbons (Fsp3) is 0.250. The Morgan fingerprint density at radius 1 is 0.931 bits per heavy atom. The number of benzene rings is 3. The number of nitrogens with two attached hydrogens (primary N) is 1. The molecule has 0 aliphatic carbocycles. The van der Waals surface area contributed by atoms with Crippen molar-refractivity contribution >= 4 is 22.6 Å². The van der Waals surface area contributed by atoms with Gasteiger partial charge in [-0.15, -0.1) is 0 Å². The lowest BCUT2D eigenvalue weighted by Crippen LogP contribution is -2.40. The SMILES string of the molecule is N[C@@H]1CN(C(=O)CNC(=O)Cc2cccc3ccccc23)C[C@H]1c1ccccc1. The summed E-state index contributed by atoms with van der Waals surface area (Å²) in [5.74, 6) is -0.116. The highest BCUT2D eigenvalue weighted by atomic mass is 16.2. The van der Waals surface area contributed by atoms with Gasteiger partial charge >= 0.3 is 0 Å². The molecule has 3 aromatic rings. The van der Waals surface area contributed by atoms with E-state index < -0.39 is 0 Å². The Morgan fingerprint density at radius 3 is 2.48 bits per heavy atom. The topological polar surface area (TPSA) is 75.4 Å². The van der Waals surface area contributed by atoms with Crippen molar-refractivity contribution in [2.24, 2.45) is 5.73 Å². The number of fused-ring (bicyclic) bond motifs is 1. The van der Waals surface area contributed by atoms with Crippen LogP contribution >= 0.6 is 0 Å². The first-order chi connectivity index (χ1) is 14.1. The Balaban J connectivity index is 1.33. The molecule has 1 aliphatic heterocycles. The van der Waals surface area contributed by atoms with E-state index in [2.05, 4.69) is 5.32 Å². The lowest BCUT2D eigenvalue weighted by molar-refractivity contribution is -0.131. The van der Waals surface area contributed by atoms with Crippen molar-refractivity contribution < 1.29 is 9.59 Å². The van der Waals surface area contributed by atoms with E-state index in [-0.39, 0.29) is 36.7 Å². The molecule has 1 aliphatic rings. The Hall–Kier alpha value is -3.18. The Bertz CT molecular complexity index is 1010. The van der Waals surface area contributed by atoms with E-state index in [0.29, 0.717) is 13.1 Å². The summed E-state index contributed by atoms with van der Waals surface area (Å²) >= 11 is 0. The zero-order valence-corrected chi connectivity index (χ0v) is 16.3. The minimum Gasteiger partial charge on any atom is -0.347 e.